The highest BCUT2D eigenvalue weighted by atomic mass is 16.5. The van der Waals surface area contributed by atoms with E-state index in [-0.39, 0.29) is 6.61 Å². The molecule has 0 amide bonds. The SMILES string of the molecule is COc1ccc(C(O)COc2ccccc2)c(OC)c1. The average molecular weight is 274 g/mol. The summed E-state index contributed by atoms with van der Waals surface area (Å²) in [4.78, 5) is 0. The number of aliphatic hydroxyl groups is 1. The molecular weight excluding hydrogens is 256 g/mol. The summed E-state index contributed by atoms with van der Waals surface area (Å²) in [7, 11) is 3.15. The van der Waals surface area contributed by atoms with Gasteiger partial charge in [-0.15, -0.1) is 0 Å². The number of ether oxygens (including phenoxy) is 3. The Labute approximate surface area is 118 Å². The molecule has 0 bridgehead atoms. The Balaban J connectivity index is 2.07. The first kappa shape index (κ1) is 14.2. The van der Waals surface area contributed by atoms with Crippen LogP contribution in [0.1, 0.15) is 11.7 Å². The molecule has 1 unspecified atom stereocenters. The van der Waals surface area contributed by atoms with E-state index < -0.39 is 6.10 Å². The van der Waals surface area contributed by atoms with Crippen LogP contribution in [0, 0.1) is 0 Å². The van der Waals surface area contributed by atoms with Crippen LogP contribution in [0.15, 0.2) is 48.5 Å². The zero-order valence-corrected chi connectivity index (χ0v) is 11.6. The molecule has 0 heterocycles. The summed E-state index contributed by atoms with van der Waals surface area (Å²) in [5.74, 6) is 1.98. The second-order valence-electron chi connectivity index (χ2n) is 4.25. The van der Waals surface area contributed by atoms with E-state index in [4.69, 9.17) is 14.2 Å². The Kier molecular flexibility index (Phi) is 4.85. The summed E-state index contributed by atoms with van der Waals surface area (Å²) in [6.07, 6.45) is -0.768. The number of hydrogen-bond acceptors (Lipinski definition) is 4. The fourth-order valence-electron chi connectivity index (χ4n) is 1.88. The first-order chi connectivity index (χ1) is 9.74. The minimum Gasteiger partial charge on any atom is -0.497 e. The maximum absolute atomic E-state index is 10.2. The van der Waals surface area contributed by atoms with E-state index in [1.807, 2.05) is 30.3 Å². The summed E-state index contributed by atoms with van der Waals surface area (Å²) in [6, 6.07) is 14.7. The molecule has 2 aromatic rings. The molecule has 0 radical (unpaired) electrons. The lowest BCUT2D eigenvalue weighted by Crippen LogP contribution is -2.11. The Hall–Kier alpha value is -2.20. The van der Waals surface area contributed by atoms with E-state index in [9.17, 15) is 5.11 Å². The Morgan fingerprint density at radius 2 is 1.70 bits per heavy atom. The predicted octanol–water partition coefficient (Wildman–Crippen LogP) is 2.82. The van der Waals surface area contributed by atoms with Crippen molar-refractivity contribution in [2.75, 3.05) is 20.8 Å². The normalized spacial score (nSPS) is 11.8. The molecule has 0 saturated carbocycles. The van der Waals surface area contributed by atoms with Crippen molar-refractivity contribution in [1.29, 1.82) is 0 Å². The molecule has 0 aliphatic carbocycles. The lowest BCUT2D eigenvalue weighted by molar-refractivity contribution is 0.105. The number of hydrogen-bond donors (Lipinski definition) is 1. The summed E-state index contributed by atoms with van der Waals surface area (Å²) >= 11 is 0. The van der Waals surface area contributed by atoms with E-state index in [0.29, 0.717) is 17.1 Å². The van der Waals surface area contributed by atoms with Crippen LogP contribution in [0.4, 0.5) is 0 Å². The van der Waals surface area contributed by atoms with Crippen LogP contribution in [0.2, 0.25) is 0 Å². The second-order valence-corrected chi connectivity index (χ2v) is 4.25. The van der Waals surface area contributed by atoms with E-state index in [1.165, 1.54) is 0 Å². The third-order valence-electron chi connectivity index (χ3n) is 2.95. The van der Waals surface area contributed by atoms with Gasteiger partial charge in [-0.1, -0.05) is 18.2 Å². The van der Waals surface area contributed by atoms with Crippen molar-refractivity contribution in [2.45, 2.75) is 6.10 Å². The van der Waals surface area contributed by atoms with Crippen LogP contribution >= 0.6 is 0 Å². The Bertz CT molecular complexity index is 539. The van der Waals surface area contributed by atoms with Gasteiger partial charge in [0, 0.05) is 11.6 Å². The molecule has 4 nitrogen and oxygen atoms in total. The molecule has 2 rings (SSSR count). The van der Waals surface area contributed by atoms with Gasteiger partial charge in [0.25, 0.3) is 0 Å². The first-order valence-electron chi connectivity index (χ1n) is 6.32. The fourth-order valence-corrected chi connectivity index (χ4v) is 1.88. The first-order valence-corrected chi connectivity index (χ1v) is 6.32. The lowest BCUT2D eigenvalue weighted by atomic mass is 10.1. The van der Waals surface area contributed by atoms with Gasteiger partial charge in [-0.3, -0.25) is 0 Å². The Morgan fingerprint density at radius 3 is 2.35 bits per heavy atom. The molecule has 0 fully saturated rings. The van der Waals surface area contributed by atoms with Gasteiger partial charge in [0.05, 0.1) is 14.2 Å². The molecule has 0 spiro atoms. The standard InChI is InChI=1S/C16H18O4/c1-18-13-8-9-14(16(10-13)19-2)15(17)11-20-12-6-4-3-5-7-12/h3-10,15,17H,11H2,1-2H3. The zero-order chi connectivity index (χ0) is 14.4. The lowest BCUT2D eigenvalue weighted by Gasteiger charge is -2.16. The molecule has 106 valence electrons. The van der Waals surface area contributed by atoms with Gasteiger partial charge in [-0.05, 0) is 24.3 Å². The minimum atomic E-state index is -0.768. The van der Waals surface area contributed by atoms with Crippen molar-refractivity contribution < 1.29 is 19.3 Å². The highest BCUT2D eigenvalue weighted by molar-refractivity contribution is 5.42. The van der Waals surface area contributed by atoms with Gasteiger partial charge in [-0.25, -0.2) is 0 Å². The van der Waals surface area contributed by atoms with E-state index in [0.717, 1.165) is 5.75 Å². The molecule has 4 heteroatoms. The summed E-state index contributed by atoms with van der Waals surface area (Å²) < 4.78 is 15.9. The number of para-hydroxylation sites is 1. The topological polar surface area (TPSA) is 47.9 Å². The number of benzene rings is 2. The van der Waals surface area contributed by atoms with Crippen LogP contribution in [0.5, 0.6) is 17.2 Å². The predicted molar refractivity (Wildman–Crippen MR) is 76.4 cm³/mol. The van der Waals surface area contributed by atoms with Crippen molar-refractivity contribution in [2.24, 2.45) is 0 Å². The summed E-state index contributed by atoms with van der Waals surface area (Å²) in [5, 5.41) is 10.2. The van der Waals surface area contributed by atoms with Gasteiger partial charge in [0.2, 0.25) is 0 Å². The smallest absolute Gasteiger partial charge is 0.128 e. The van der Waals surface area contributed by atoms with Gasteiger partial charge in [0.1, 0.15) is 30.0 Å². The maximum Gasteiger partial charge on any atom is 0.128 e. The van der Waals surface area contributed by atoms with Crippen LogP contribution in [0.25, 0.3) is 0 Å². The summed E-state index contributed by atoms with van der Waals surface area (Å²) in [6.45, 7) is 0.159. The molecule has 0 aliphatic heterocycles. The van der Waals surface area contributed by atoms with Crippen molar-refractivity contribution in [3.63, 3.8) is 0 Å². The van der Waals surface area contributed by atoms with Gasteiger partial charge in [-0.2, -0.15) is 0 Å². The highest BCUT2D eigenvalue weighted by Crippen LogP contribution is 2.29. The average Bonchev–Trinajstić information content (AvgIpc) is 2.52. The minimum absolute atomic E-state index is 0.159. The molecule has 2 aromatic carbocycles. The van der Waals surface area contributed by atoms with E-state index in [1.54, 1.807) is 32.4 Å². The van der Waals surface area contributed by atoms with Gasteiger partial charge in [0.15, 0.2) is 0 Å². The van der Waals surface area contributed by atoms with Crippen LogP contribution < -0.4 is 14.2 Å². The highest BCUT2D eigenvalue weighted by Gasteiger charge is 2.15. The van der Waals surface area contributed by atoms with E-state index in [2.05, 4.69) is 0 Å². The van der Waals surface area contributed by atoms with Crippen LogP contribution in [0.3, 0.4) is 0 Å². The number of aliphatic hydroxyl groups excluding tert-OH is 1. The van der Waals surface area contributed by atoms with E-state index >= 15 is 0 Å². The van der Waals surface area contributed by atoms with Crippen molar-refractivity contribution >= 4 is 0 Å². The number of rotatable bonds is 6. The molecule has 1 atom stereocenters. The maximum atomic E-state index is 10.2. The molecule has 20 heavy (non-hydrogen) atoms. The summed E-state index contributed by atoms with van der Waals surface area (Å²) in [5.41, 5.74) is 0.671. The van der Waals surface area contributed by atoms with Crippen molar-refractivity contribution in [3.05, 3.63) is 54.1 Å². The molecule has 0 aliphatic rings. The molecule has 1 N–H and O–H groups in total. The van der Waals surface area contributed by atoms with Gasteiger partial charge >= 0.3 is 0 Å². The second kappa shape index (κ2) is 6.82. The molecule has 0 aromatic heterocycles. The third-order valence-corrected chi connectivity index (χ3v) is 2.95. The molecular formula is C16H18O4. The number of methoxy groups -OCH3 is 2. The van der Waals surface area contributed by atoms with Crippen LogP contribution in [-0.4, -0.2) is 25.9 Å². The Morgan fingerprint density at radius 1 is 0.950 bits per heavy atom. The molecule has 0 saturated heterocycles. The zero-order valence-electron chi connectivity index (χ0n) is 11.6. The van der Waals surface area contributed by atoms with Crippen LogP contribution in [-0.2, 0) is 0 Å². The largest absolute Gasteiger partial charge is 0.497 e. The van der Waals surface area contributed by atoms with Crippen molar-refractivity contribution in [1.82, 2.24) is 0 Å². The quantitative estimate of drug-likeness (QED) is 0.880. The van der Waals surface area contributed by atoms with Gasteiger partial charge < -0.3 is 19.3 Å². The fraction of sp³-hybridized carbons (Fsp3) is 0.250. The third kappa shape index (κ3) is 3.42. The van der Waals surface area contributed by atoms with Crippen molar-refractivity contribution in [3.8, 4) is 17.2 Å². The monoisotopic (exact) mass is 274 g/mol.